The number of hydrogen-bond acceptors (Lipinski definition) is 2. The lowest BCUT2D eigenvalue weighted by Gasteiger charge is -2.18. The summed E-state index contributed by atoms with van der Waals surface area (Å²) in [6.45, 7) is 0. The van der Waals surface area contributed by atoms with Crippen LogP contribution in [0.15, 0.2) is 179 Å². The Morgan fingerprint density at radius 3 is 1.40 bits per heavy atom. The maximum atomic E-state index is 9.24. The van der Waals surface area contributed by atoms with Gasteiger partial charge in [-0.15, -0.1) is 0 Å². The Hall–Kier alpha value is -6.38. The van der Waals surface area contributed by atoms with Crippen molar-refractivity contribution >= 4 is 54.5 Å². The van der Waals surface area contributed by atoms with Crippen molar-refractivity contribution in [3.8, 4) is 44.7 Å². The molecule has 0 radical (unpaired) electrons. The molecule has 8 aromatic carbocycles. The molecule has 0 aliphatic carbocycles. The molecular formula is C46H28O2. The summed E-state index contributed by atoms with van der Waals surface area (Å²) in [6.07, 6.45) is 0. The molecule has 0 amide bonds. The average molecular weight is 621 g/mol. The Balaban J connectivity index is 1.29. The molecule has 2 nitrogen and oxygen atoms in total. The monoisotopic (exact) mass is 620 g/mol. The quantitative estimate of drug-likeness (QED) is 0.183. The van der Waals surface area contributed by atoms with Gasteiger partial charge in [-0.25, -0.2) is 0 Å². The summed E-state index contributed by atoms with van der Waals surface area (Å²) in [5.41, 5.74) is 6.22. The van der Waals surface area contributed by atoms with Gasteiger partial charge in [0.1, 0.15) is 11.3 Å². The fourth-order valence-electron chi connectivity index (χ4n) is 7.03. The Morgan fingerprint density at radius 1 is 0.333 bits per heavy atom. The standard InChI is InChI=1S/C46H28O2/c1-3-13-29(14-4-1)41-34-18-7-9-20-36(34)42(37-21-10-8-19-35(37)41)30-23-25-31(26-24-30)43-39-28-27-38-33-17-11-12-22-40(33)47-45(38)46(39)48-44(43)32-15-5-2-6-16-32/h1-28H/i7D,8D,9D,10D,18D,19D,20D,21D. The van der Waals surface area contributed by atoms with Gasteiger partial charge in [-0.3, -0.25) is 0 Å². The summed E-state index contributed by atoms with van der Waals surface area (Å²) in [7, 11) is 0. The molecular weight excluding hydrogens is 585 g/mol. The van der Waals surface area contributed by atoms with Gasteiger partial charge in [0.25, 0.3) is 0 Å². The van der Waals surface area contributed by atoms with Crippen LogP contribution in [0.3, 0.4) is 0 Å². The second-order valence-corrected chi connectivity index (χ2v) is 11.8. The first-order valence-corrected chi connectivity index (χ1v) is 15.7. The zero-order valence-electron chi connectivity index (χ0n) is 33.4. The van der Waals surface area contributed by atoms with Gasteiger partial charge in [-0.1, -0.05) is 151 Å². The van der Waals surface area contributed by atoms with Crippen LogP contribution < -0.4 is 0 Å². The van der Waals surface area contributed by atoms with Crippen molar-refractivity contribution in [2.24, 2.45) is 0 Å². The predicted molar refractivity (Wildman–Crippen MR) is 200 cm³/mol. The van der Waals surface area contributed by atoms with Crippen LogP contribution in [0.25, 0.3) is 99.2 Å². The number of para-hydroxylation sites is 1. The van der Waals surface area contributed by atoms with Gasteiger partial charge in [-0.2, -0.15) is 0 Å². The van der Waals surface area contributed by atoms with E-state index in [1.54, 1.807) is 24.3 Å². The Bertz CT molecular complexity index is 3180. The molecule has 10 aromatic rings. The van der Waals surface area contributed by atoms with E-state index in [-0.39, 0.29) is 45.7 Å². The zero-order valence-corrected chi connectivity index (χ0v) is 25.4. The Morgan fingerprint density at radius 2 is 0.792 bits per heavy atom. The zero-order chi connectivity index (χ0) is 38.6. The van der Waals surface area contributed by atoms with E-state index < -0.39 is 24.2 Å². The molecule has 0 aliphatic rings. The van der Waals surface area contributed by atoms with E-state index in [2.05, 4.69) is 0 Å². The third kappa shape index (κ3) is 4.00. The molecule has 0 spiro atoms. The largest absolute Gasteiger partial charge is 0.452 e. The molecule has 0 saturated carbocycles. The van der Waals surface area contributed by atoms with Crippen LogP contribution >= 0.6 is 0 Å². The Kier molecular flexibility index (Phi) is 4.41. The second kappa shape index (κ2) is 10.6. The van der Waals surface area contributed by atoms with Crippen molar-refractivity contribution in [2.75, 3.05) is 0 Å². The summed E-state index contributed by atoms with van der Waals surface area (Å²) in [4.78, 5) is 0. The lowest BCUT2D eigenvalue weighted by atomic mass is 9.85. The first kappa shape index (κ1) is 20.0. The molecule has 0 bridgehead atoms. The van der Waals surface area contributed by atoms with Crippen LogP contribution in [-0.4, -0.2) is 0 Å². The molecule has 0 unspecified atom stereocenters. The third-order valence-corrected chi connectivity index (χ3v) is 9.14. The summed E-state index contributed by atoms with van der Waals surface area (Å²) in [6, 6.07) is 35.3. The number of benzene rings is 8. The topological polar surface area (TPSA) is 26.3 Å². The van der Waals surface area contributed by atoms with Gasteiger partial charge in [0, 0.05) is 27.3 Å². The van der Waals surface area contributed by atoms with E-state index in [0.717, 1.165) is 38.4 Å². The maximum absolute atomic E-state index is 9.24. The van der Waals surface area contributed by atoms with Gasteiger partial charge in [0.05, 0.1) is 11.0 Å². The van der Waals surface area contributed by atoms with Crippen molar-refractivity contribution in [2.45, 2.75) is 0 Å². The molecule has 0 atom stereocenters. The predicted octanol–water partition coefficient (Wildman–Crippen LogP) is 13.3. The van der Waals surface area contributed by atoms with E-state index in [1.807, 2.05) is 97.1 Å². The van der Waals surface area contributed by atoms with E-state index >= 15 is 0 Å². The lowest BCUT2D eigenvalue weighted by molar-refractivity contribution is 0.612. The van der Waals surface area contributed by atoms with Crippen LogP contribution in [0.1, 0.15) is 11.0 Å². The highest BCUT2D eigenvalue weighted by molar-refractivity contribution is 6.22. The summed E-state index contributed by atoms with van der Waals surface area (Å²) in [5.74, 6) is 0.646. The molecule has 48 heavy (non-hydrogen) atoms. The number of rotatable bonds is 4. The molecule has 2 heteroatoms. The minimum atomic E-state index is -0.436. The van der Waals surface area contributed by atoms with Gasteiger partial charge in [0.15, 0.2) is 11.2 Å². The number of furan rings is 2. The van der Waals surface area contributed by atoms with Crippen molar-refractivity contribution < 1.29 is 19.8 Å². The van der Waals surface area contributed by atoms with Crippen molar-refractivity contribution in [3.05, 3.63) is 170 Å². The van der Waals surface area contributed by atoms with E-state index in [1.165, 1.54) is 0 Å². The molecule has 0 aliphatic heterocycles. The highest BCUT2D eigenvalue weighted by Crippen LogP contribution is 2.47. The van der Waals surface area contributed by atoms with Crippen LogP contribution in [0.5, 0.6) is 0 Å². The van der Waals surface area contributed by atoms with E-state index in [4.69, 9.17) is 14.3 Å². The molecule has 0 fully saturated rings. The van der Waals surface area contributed by atoms with Gasteiger partial charge < -0.3 is 8.83 Å². The van der Waals surface area contributed by atoms with E-state index in [9.17, 15) is 5.48 Å². The molecule has 2 aromatic heterocycles. The highest BCUT2D eigenvalue weighted by Gasteiger charge is 2.23. The van der Waals surface area contributed by atoms with Crippen molar-refractivity contribution in [3.63, 3.8) is 0 Å². The summed E-state index contributed by atoms with van der Waals surface area (Å²) in [5, 5.41) is 3.48. The molecule has 224 valence electrons. The van der Waals surface area contributed by atoms with Gasteiger partial charge >= 0.3 is 0 Å². The van der Waals surface area contributed by atoms with Gasteiger partial charge in [-0.05, 0) is 67.6 Å². The Labute approximate surface area is 288 Å². The van der Waals surface area contributed by atoms with Crippen LogP contribution in [0.2, 0.25) is 0 Å². The molecule has 0 saturated heterocycles. The average Bonchev–Trinajstić information content (AvgIpc) is 3.82. The molecule has 2 heterocycles. The smallest absolute Gasteiger partial charge is 0.178 e. The van der Waals surface area contributed by atoms with Crippen LogP contribution in [-0.2, 0) is 0 Å². The number of fused-ring (bicyclic) bond motifs is 7. The first-order chi connectivity index (χ1) is 27.2. The van der Waals surface area contributed by atoms with Crippen molar-refractivity contribution in [1.29, 1.82) is 0 Å². The third-order valence-electron chi connectivity index (χ3n) is 9.14. The fraction of sp³-hybridized carbons (Fsp3) is 0. The normalized spacial score (nSPS) is 14.1. The fourth-order valence-corrected chi connectivity index (χ4v) is 7.03. The van der Waals surface area contributed by atoms with Crippen molar-refractivity contribution in [1.82, 2.24) is 0 Å². The number of hydrogen-bond donors (Lipinski definition) is 0. The maximum Gasteiger partial charge on any atom is 0.178 e. The SMILES string of the molecule is [2H]c1c([2H])c([2H])c2c(-c3ccc(-c4c(-c5ccccc5)oc5c4ccc4c6ccccc6oc45)cc3)c3c([2H])c([2H])c([2H])c([2H])c3c(-c3ccccc3)c2c1[2H]. The summed E-state index contributed by atoms with van der Waals surface area (Å²) >= 11 is 0. The molecule has 10 rings (SSSR count). The summed E-state index contributed by atoms with van der Waals surface area (Å²) < 4.78 is 84.7. The van der Waals surface area contributed by atoms with Gasteiger partial charge in [0.2, 0.25) is 0 Å². The minimum Gasteiger partial charge on any atom is -0.452 e. The second-order valence-electron chi connectivity index (χ2n) is 11.8. The van der Waals surface area contributed by atoms with Crippen LogP contribution in [0, 0.1) is 0 Å². The minimum absolute atomic E-state index is 0.172. The van der Waals surface area contributed by atoms with Crippen LogP contribution in [0.4, 0.5) is 0 Å². The van der Waals surface area contributed by atoms with E-state index in [0.29, 0.717) is 39.2 Å². The highest BCUT2D eigenvalue weighted by atomic mass is 16.4. The first-order valence-electron chi connectivity index (χ1n) is 19.7. The molecule has 0 N–H and O–H groups in total. The lowest BCUT2D eigenvalue weighted by Crippen LogP contribution is -1.90.